The van der Waals surface area contributed by atoms with Crippen molar-refractivity contribution in [1.82, 2.24) is 15.0 Å². The number of hydrogen-bond acceptors (Lipinski definition) is 5. The van der Waals surface area contributed by atoms with Crippen LogP contribution in [0.3, 0.4) is 0 Å². The van der Waals surface area contributed by atoms with Crippen LogP contribution in [0, 0.1) is 0 Å². The van der Waals surface area contributed by atoms with Gasteiger partial charge in [-0.25, -0.2) is 4.68 Å². The number of carbonyl (C=O) groups excluding carboxylic acids is 1. The predicted molar refractivity (Wildman–Crippen MR) is 96.2 cm³/mol. The number of thioether (sulfide) groups is 1. The Bertz CT molecular complexity index is 830. The molecular weight excluding hydrogens is 322 g/mol. The van der Waals surface area contributed by atoms with E-state index >= 15 is 0 Å². The molecule has 0 bridgehead atoms. The monoisotopic (exact) mass is 339 g/mol. The van der Waals surface area contributed by atoms with Gasteiger partial charge in [0.25, 0.3) is 5.91 Å². The first-order chi connectivity index (χ1) is 11.7. The molecule has 0 fully saturated rings. The molecule has 1 aromatic heterocycles. The average Bonchev–Trinajstić information content (AvgIpc) is 2.97. The van der Waals surface area contributed by atoms with Crippen LogP contribution in [0.25, 0.3) is 0 Å². The number of nitrogens with one attached hydrogen (secondary N) is 1. The molecule has 3 rings (SSSR count). The first-order valence-corrected chi connectivity index (χ1v) is 8.58. The van der Waals surface area contributed by atoms with Gasteiger partial charge in [-0.2, -0.15) is 0 Å². The standard InChI is InChI=1S/C17H17N5OS/c1-24-14-9-7-12(8-10-14)11-22-16(18)15(20-21-22)17(23)19-13-5-3-2-4-6-13/h2-10H,11,18H2,1H3,(H,19,23). The van der Waals surface area contributed by atoms with Crippen LogP contribution in [0.2, 0.25) is 0 Å². The fraction of sp³-hybridized carbons (Fsp3) is 0.118. The van der Waals surface area contributed by atoms with Crippen LogP contribution < -0.4 is 11.1 Å². The van der Waals surface area contributed by atoms with E-state index < -0.39 is 0 Å². The van der Waals surface area contributed by atoms with Gasteiger partial charge in [-0.1, -0.05) is 35.5 Å². The van der Waals surface area contributed by atoms with Crippen LogP contribution in [-0.2, 0) is 6.54 Å². The molecule has 0 unspecified atom stereocenters. The Labute approximate surface area is 144 Å². The van der Waals surface area contributed by atoms with Crippen molar-refractivity contribution in [3.8, 4) is 0 Å². The SMILES string of the molecule is CSc1ccc(Cn2nnc(C(=O)Nc3ccccc3)c2N)cc1. The molecule has 0 aliphatic heterocycles. The number of benzene rings is 2. The van der Waals surface area contributed by atoms with Gasteiger partial charge in [0.15, 0.2) is 11.5 Å². The van der Waals surface area contributed by atoms with E-state index in [9.17, 15) is 4.79 Å². The molecule has 3 aromatic rings. The molecule has 3 N–H and O–H groups in total. The second-order valence-electron chi connectivity index (χ2n) is 5.15. The maximum Gasteiger partial charge on any atom is 0.280 e. The number of amides is 1. The van der Waals surface area contributed by atoms with Crippen molar-refractivity contribution in [2.45, 2.75) is 11.4 Å². The van der Waals surface area contributed by atoms with Gasteiger partial charge < -0.3 is 11.1 Å². The highest BCUT2D eigenvalue weighted by Gasteiger charge is 2.17. The van der Waals surface area contributed by atoms with Crippen molar-refractivity contribution in [3.05, 3.63) is 65.9 Å². The first kappa shape index (κ1) is 16.1. The van der Waals surface area contributed by atoms with Crippen molar-refractivity contribution in [2.24, 2.45) is 0 Å². The van der Waals surface area contributed by atoms with E-state index in [2.05, 4.69) is 15.6 Å². The summed E-state index contributed by atoms with van der Waals surface area (Å²) in [6, 6.07) is 17.3. The Hall–Kier alpha value is -2.80. The predicted octanol–water partition coefficient (Wildman–Crippen LogP) is 2.88. The summed E-state index contributed by atoms with van der Waals surface area (Å²) >= 11 is 1.68. The van der Waals surface area contributed by atoms with Crippen LogP contribution in [0.1, 0.15) is 16.1 Å². The summed E-state index contributed by atoms with van der Waals surface area (Å²) in [7, 11) is 0. The maximum atomic E-state index is 12.3. The Kier molecular flexibility index (Phi) is 4.81. The normalized spacial score (nSPS) is 10.5. The van der Waals surface area contributed by atoms with Crippen molar-refractivity contribution in [3.63, 3.8) is 0 Å². The van der Waals surface area contributed by atoms with E-state index in [1.807, 2.05) is 48.7 Å². The summed E-state index contributed by atoms with van der Waals surface area (Å²) in [4.78, 5) is 13.5. The smallest absolute Gasteiger partial charge is 0.280 e. The lowest BCUT2D eigenvalue weighted by molar-refractivity contribution is 0.102. The average molecular weight is 339 g/mol. The van der Waals surface area contributed by atoms with E-state index in [0.29, 0.717) is 12.2 Å². The zero-order valence-electron chi connectivity index (χ0n) is 13.1. The Morgan fingerprint density at radius 2 is 1.88 bits per heavy atom. The van der Waals surface area contributed by atoms with E-state index in [0.717, 1.165) is 5.56 Å². The van der Waals surface area contributed by atoms with E-state index in [1.54, 1.807) is 23.9 Å². The number of rotatable bonds is 5. The number of hydrogen-bond donors (Lipinski definition) is 2. The van der Waals surface area contributed by atoms with Gasteiger partial charge >= 0.3 is 0 Å². The fourth-order valence-electron chi connectivity index (χ4n) is 2.21. The quantitative estimate of drug-likeness (QED) is 0.698. The minimum Gasteiger partial charge on any atom is -0.382 e. The molecule has 6 nitrogen and oxygen atoms in total. The van der Waals surface area contributed by atoms with Crippen molar-refractivity contribution in [1.29, 1.82) is 0 Å². The highest BCUT2D eigenvalue weighted by atomic mass is 32.2. The lowest BCUT2D eigenvalue weighted by atomic mass is 10.2. The molecule has 7 heteroatoms. The van der Waals surface area contributed by atoms with Crippen molar-refractivity contribution >= 4 is 29.2 Å². The summed E-state index contributed by atoms with van der Waals surface area (Å²) in [5.74, 6) is -0.125. The third kappa shape index (κ3) is 3.57. The minimum absolute atomic E-state index is 0.125. The van der Waals surface area contributed by atoms with Gasteiger partial charge in [-0.15, -0.1) is 16.9 Å². The lowest BCUT2D eigenvalue weighted by Gasteiger charge is -2.05. The molecule has 122 valence electrons. The Morgan fingerprint density at radius 3 is 2.54 bits per heavy atom. The van der Waals surface area contributed by atoms with E-state index in [1.165, 1.54) is 9.58 Å². The number of nitrogens with two attached hydrogens (primary N) is 1. The number of anilines is 2. The maximum absolute atomic E-state index is 12.3. The third-order valence-electron chi connectivity index (χ3n) is 3.51. The van der Waals surface area contributed by atoms with Gasteiger partial charge in [0.2, 0.25) is 0 Å². The Balaban J connectivity index is 1.74. The molecule has 24 heavy (non-hydrogen) atoms. The summed E-state index contributed by atoms with van der Waals surface area (Å²) in [6.45, 7) is 0.464. The number of aromatic nitrogens is 3. The molecule has 1 heterocycles. The molecule has 1 amide bonds. The lowest BCUT2D eigenvalue weighted by Crippen LogP contribution is -2.15. The van der Waals surface area contributed by atoms with Gasteiger partial charge in [0.05, 0.1) is 6.54 Å². The molecule has 0 aliphatic rings. The summed E-state index contributed by atoms with van der Waals surface area (Å²) in [6.07, 6.45) is 2.03. The first-order valence-electron chi connectivity index (χ1n) is 7.35. The minimum atomic E-state index is -0.373. The zero-order chi connectivity index (χ0) is 16.9. The van der Waals surface area contributed by atoms with Crippen LogP contribution in [0.4, 0.5) is 11.5 Å². The molecule has 0 radical (unpaired) electrons. The molecule has 0 spiro atoms. The molecule has 2 aromatic carbocycles. The molecule has 0 atom stereocenters. The largest absolute Gasteiger partial charge is 0.382 e. The zero-order valence-corrected chi connectivity index (χ0v) is 14.0. The van der Waals surface area contributed by atoms with Gasteiger partial charge in [-0.05, 0) is 36.1 Å². The summed E-state index contributed by atoms with van der Waals surface area (Å²) in [5, 5.41) is 10.7. The number of para-hydroxylation sites is 1. The van der Waals surface area contributed by atoms with Crippen LogP contribution in [0.5, 0.6) is 0 Å². The van der Waals surface area contributed by atoms with Gasteiger partial charge in [0.1, 0.15) is 0 Å². The van der Waals surface area contributed by atoms with Gasteiger partial charge in [0, 0.05) is 10.6 Å². The highest BCUT2D eigenvalue weighted by molar-refractivity contribution is 7.98. The Morgan fingerprint density at radius 1 is 1.17 bits per heavy atom. The summed E-state index contributed by atoms with van der Waals surface area (Å²) in [5.41, 5.74) is 7.88. The van der Waals surface area contributed by atoms with E-state index in [4.69, 9.17) is 5.73 Å². The van der Waals surface area contributed by atoms with E-state index in [-0.39, 0.29) is 17.4 Å². The number of nitrogens with zero attached hydrogens (tertiary/aromatic N) is 3. The van der Waals surface area contributed by atoms with Crippen LogP contribution in [-0.4, -0.2) is 27.2 Å². The highest BCUT2D eigenvalue weighted by Crippen LogP contribution is 2.17. The molecule has 0 saturated carbocycles. The van der Waals surface area contributed by atoms with Crippen LogP contribution >= 0.6 is 11.8 Å². The third-order valence-corrected chi connectivity index (χ3v) is 4.26. The second-order valence-corrected chi connectivity index (χ2v) is 6.03. The number of carbonyl (C=O) groups is 1. The number of nitrogen functional groups attached to an aromatic ring is 1. The van der Waals surface area contributed by atoms with Crippen molar-refractivity contribution < 1.29 is 4.79 Å². The van der Waals surface area contributed by atoms with Crippen molar-refractivity contribution in [2.75, 3.05) is 17.3 Å². The molecule has 0 saturated heterocycles. The molecular formula is C17H17N5OS. The second kappa shape index (κ2) is 7.18. The molecule has 0 aliphatic carbocycles. The fourth-order valence-corrected chi connectivity index (χ4v) is 2.62. The van der Waals surface area contributed by atoms with Gasteiger partial charge in [-0.3, -0.25) is 4.79 Å². The topological polar surface area (TPSA) is 85.8 Å². The van der Waals surface area contributed by atoms with Crippen LogP contribution in [0.15, 0.2) is 59.5 Å². The summed E-state index contributed by atoms with van der Waals surface area (Å²) < 4.78 is 1.52.